The smallest absolute Gasteiger partial charge is 0.352 e. The average molecular weight is 188 g/mol. The highest BCUT2D eigenvalue weighted by atomic mass is 35.5. The molecule has 4 nitrogen and oxygen atoms in total. The van der Waals surface area contributed by atoms with Gasteiger partial charge >= 0.3 is 5.97 Å². The van der Waals surface area contributed by atoms with E-state index in [0.717, 1.165) is 0 Å². The van der Waals surface area contributed by atoms with Crippen LogP contribution in [-0.4, -0.2) is 21.8 Å². The fourth-order valence-corrected chi connectivity index (χ4v) is 1.09. The fraction of sp³-hybridized carbons (Fsp3) is 0.143. The molecule has 0 atom stereocenters. The first-order chi connectivity index (χ1) is 5.52. The number of carboxylic acid groups (broad SMARTS) is 1. The van der Waals surface area contributed by atoms with Crippen molar-refractivity contribution in [3.8, 4) is 0 Å². The molecule has 2 N–H and O–H groups in total. The van der Waals surface area contributed by atoms with E-state index in [0.29, 0.717) is 0 Å². The van der Waals surface area contributed by atoms with Crippen molar-refractivity contribution in [2.45, 2.75) is 6.92 Å². The molecular formula is C7H6ClNO3. The lowest BCUT2D eigenvalue weighted by atomic mass is 10.2. The summed E-state index contributed by atoms with van der Waals surface area (Å²) in [6, 6.07) is 1.22. The Balaban J connectivity index is 3.17. The summed E-state index contributed by atoms with van der Waals surface area (Å²) in [5.41, 5.74) is 0.124. The number of ketones is 1. The number of aromatic nitrogens is 1. The van der Waals surface area contributed by atoms with Gasteiger partial charge in [-0.1, -0.05) is 11.6 Å². The lowest BCUT2D eigenvalue weighted by Crippen LogP contribution is -1.95. The summed E-state index contributed by atoms with van der Waals surface area (Å²) in [6.07, 6.45) is 0. The Morgan fingerprint density at radius 3 is 2.42 bits per heavy atom. The van der Waals surface area contributed by atoms with Crippen LogP contribution in [0.25, 0.3) is 0 Å². The van der Waals surface area contributed by atoms with Crippen molar-refractivity contribution in [1.82, 2.24) is 4.98 Å². The quantitative estimate of drug-likeness (QED) is 0.691. The first kappa shape index (κ1) is 8.80. The number of rotatable bonds is 2. The second kappa shape index (κ2) is 2.98. The van der Waals surface area contributed by atoms with Gasteiger partial charge in [-0.2, -0.15) is 0 Å². The van der Waals surface area contributed by atoms with Crippen LogP contribution in [-0.2, 0) is 0 Å². The van der Waals surface area contributed by atoms with Gasteiger partial charge in [0.1, 0.15) is 10.8 Å². The zero-order valence-electron chi connectivity index (χ0n) is 6.22. The maximum Gasteiger partial charge on any atom is 0.352 e. The van der Waals surface area contributed by atoms with E-state index in [2.05, 4.69) is 4.98 Å². The molecule has 0 aliphatic heterocycles. The van der Waals surface area contributed by atoms with Gasteiger partial charge in [0.15, 0.2) is 5.78 Å². The van der Waals surface area contributed by atoms with E-state index in [1.54, 1.807) is 0 Å². The van der Waals surface area contributed by atoms with Gasteiger partial charge in [-0.3, -0.25) is 4.79 Å². The van der Waals surface area contributed by atoms with Crippen LogP contribution in [0.2, 0.25) is 5.15 Å². The Bertz CT molecular complexity index is 342. The molecule has 0 aliphatic carbocycles. The first-order valence-electron chi connectivity index (χ1n) is 3.15. The lowest BCUT2D eigenvalue weighted by molar-refractivity contribution is 0.0691. The van der Waals surface area contributed by atoms with Gasteiger partial charge in [0.2, 0.25) is 0 Å². The molecular weight excluding hydrogens is 182 g/mol. The molecule has 64 valence electrons. The standard InChI is InChI=1S/C7H6ClNO3/c1-3(10)4-2-5(7(11)12)9-6(4)8/h2,9H,1H3,(H,11,12). The van der Waals surface area contributed by atoms with Crippen LogP contribution in [0.15, 0.2) is 6.07 Å². The van der Waals surface area contributed by atoms with Crippen molar-refractivity contribution in [2.24, 2.45) is 0 Å². The van der Waals surface area contributed by atoms with Gasteiger partial charge in [0.25, 0.3) is 0 Å². The van der Waals surface area contributed by atoms with Crippen molar-refractivity contribution in [1.29, 1.82) is 0 Å². The Morgan fingerprint density at radius 1 is 1.58 bits per heavy atom. The number of nitrogens with one attached hydrogen (secondary N) is 1. The van der Waals surface area contributed by atoms with E-state index in [1.807, 2.05) is 0 Å². The monoisotopic (exact) mass is 187 g/mol. The largest absolute Gasteiger partial charge is 0.477 e. The lowest BCUT2D eigenvalue weighted by Gasteiger charge is -1.85. The van der Waals surface area contributed by atoms with Crippen molar-refractivity contribution >= 4 is 23.4 Å². The van der Waals surface area contributed by atoms with Crippen LogP contribution in [0.3, 0.4) is 0 Å². The van der Waals surface area contributed by atoms with Crippen molar-refractivity contribution in [2.75, 3.05) is 0 Å². The van der Waals surface area contributed by atoms with E-state index in [-0.39, 0.29) is 22.2 Å². The third-order valence-corrected chi connectivity index (χ3v) is 1.68. The summed E-state index contributed by atoms with van der Waals surface area (Å²) >= 11 is 5.54. The zero-order valence-corrected chi connectivity index (χ0v) is 6.97. The molecule has 0 bridgehead atoms. The third kappa shape index (κ3) is 1.48. The number of aromatic amines is 1. The van der Waals surface area contributed by atoms with Gasteiger partial charge in [-0.05, 0) is 13.0 Å². The van der Waals surface area contributed by atoms with Gasteiger partial charge in [0, 0.05) is 0 Å². The molecule has 1 heterocycles. The van der Waals surface area contributed by atoms with Crippen molar-refractivity contribution < 1.29 is 14.7 Å². The van der Waals surface area contributed by atoms with E-state index in [4.69, 9.17) is 16.7 Å². The van der Waals surface area contributed by atoms with Crippen LogP contribution in [0.4, 0.5) is 0 Å². The van der Waals surface area contributed by atoms with Gasteiger partial charge in [-0.15, -0.1) is 0 Å². The summed E-state index contributed by atoms with van der Waals surface area (Å²) in [5.74, 6) is -1.40. The molecule has 0 spiro atoms. The first-order valence-corrected chi connectivity index (χ1v) is 3.53. The van der Waals surface area contributed by atoms with E-state index >= 15 is 0 Å². The van der Waals surface area contributed by atoms with Gasteiger partial charge < -0.3 is 10.1 Å². The average Bonchev–Trinajstić information content (AvgIpc) is 2.30. The van der Waals surface area contributed by atoms with Crippen LogP contribution in [0.5, 0.6) is 0 Å². The highest BCUT2D eigenvalue weighted by Crippen LogP contribution is 2.16. The highest BCUT2D eigenvalue weighted by Gasteiger charge is 2.13. The summed E-state index contributed by atoms with van der Waals surface area (Å²) in [5, 5.41) is 8.57. The Kier molecular flexibility index (Phi) is 2.19. The predicted molar refractivity (Wildman–Crippen MR) is 42.8 cm³/mol. The molecule has 12 heavy (non-hydrogen) atoms. The second-order valence-corrected chi connectivity index (χ2v) is 2.65. The second-order valence-electron chi connectivity index (χ2n) is 2.27. The highest BCUT2D eigenvalue weighted by molar-refractivity contribution is 6.33. The summed E-state index contributed by atoms with van der Waals surface area (Å²) < 4.78 is 0. The minimum absolute atomic E-state index is 0.0694. The molecule has 0 radical (unpaired) electrons. The van der Waals surface area contributed by atoms with Crippen LogP contribution in [0.1, 0.15) is 27.8 Å². The minimum Gasteiger partial charge on any atom is -0.477 e. The molecule has 1 rings (SSSR count). The Morgan fingerprint density at radius 2 is 2.17 bits per heavy atom. The Hall–Kier alpha value is -1.29. The maximum atomic E-state index is 10.8. The number of Topliss-reactive ketones (excluding diaryl/α,β-unsaturated/α-hetero) is 1. The number of hydrogen-bond donors (Lipinski definition) is 2. The van der Waals surface area contributed by atoms with Gasteiger partial charge in [-0.25, -0.2) is 4.79 Å². The van der Waals surface area contributed by atoms with Crippen molar-refractivity contribution in [3.63, 3.8) is 0 Å². The molecule has 0 saturated carbocycles. The number of H-pyrrole nitrogens is 1. The zero-order chi connectivity index (χ0) is 9.30. The number of aromatic carboxylic acids is 1. The van der Waals surface area contributed by atoms with Crippen LogP contribution in [0, 0.1) is 0 Å². The summed E-state index contributed by atoms with van der Waals surface area (Å²) in [7, 11) is 0. The predicted octanol–water partition coefficient (Wildman–Crippen LogP) is 1.57. The summed E-state index contributed by atoms with van der Waals surface area (Å²) in [4.78, 5) is 23.6. The van der Waals surface area contributed by atoms with Crippen molar-refractivity contribution in [3.05, 3.63) is 22.5 Å². The maximum absolute atomic E-state index is 10.8. The molecule has 0 aliphatic rings. The molecule has 1 aromatic heterocycles. The molecule has 5 heteroatoms. The fourth-order valence-electron chi connectivity index (χ4n) is 0.801. The summed E-state index contributed by atoms with van der Waals surface area (Å²) in [6.45, 7) is 1.32. The topological polar surface area (TPSA) is 70.2 Å². The number of halogens is 1. The molecule has 0 amide bonds. The molecule has 0 aromatic carbocycles. The van der Waals surface area contributed by atoms with E-state index < -0.39 is 5.97 Å². The SMILES string of the molecule is CC(=O)c1cc(C(=O)O)[nH]c1Cl. The van der Waals surface area contributed by atoms with Crippen LogP contribution < -0.4 is 0 Å². The molecule has 1 aromatic rings. The minimum atomic E-state index is -1.13. The van der Waals surface area contributed by atoms with Gasteiger partial charge in [0.05, 0.1) is 5.56 Å². The number of hydrogen-bond acceptors (Lipinski definition) is 2. The number of carbonyl (C=O) groups is 2. The number of carboxylic acids is 1. The van der Waals surface area contributed by atoms with E-state index in [1.165, 1.54) is 13.0 Å². The number of carbonyl (C=O) groups excluding carboxylic acids is 1. The van der Waals surface area contributed by atoms with E-state index in [9.17, 15) is 9.59 Å². The molecule has 0 unspecified atom stereocenters. The third-order valence-electron chi connectivity index (χ3n) is 1.38. The molecule has 0 fully saturated rings. The van der Waals surface area contributed by atoms with Crippen LogP contribution >= 0.6 is 11.6 Å². The Labute approximate surface area is 73.2 Å². The normalized spacial score (nSPS) is 9.83. The molecule has 0 saturated heterocycles.